The Bertz CT molecular complexity index is 619. The molecule has 2 amide bonds. The van der Waals surface area contributed by atoms with Crippen LogP contribution in [0.2, 0.25) is 0 Å². The van der Waals surface area contributed by atoms with Crippen molar-refractivity contribution in [2.45, 2.75) is 0 Å². The topological polar surface area (TPSA) is 58.2 Å². The molecule has 102 valence electrons. The molecule has 0 fully saturated rings. The first-order valence-electron chi connectivity index (χ1n) is 6.04. The zero-order valence-electron chi connectivity index (χ0n) is 10.9. The van der Waals surface area contributed by atoms with Gasteiger partial charge in [0, 0.05) is 17.5 Å². The number of hydrogen-bond donors (Lipinski definition) is 2. The minimum absolute atomic E-state index is 0.226. The maximum absolute atomic E-state index is 12.1. The minimum atomic E-state index is -0.331. The van der Waals surface area contributed by atoms with Crippen molar-refractivity contribution in [1.82, 2.24) is 10.6 Å². The summed E-state index contributed by atoms with van der Waals surface area (Å²) < 4.78 is 0. The third kappa shape index (κ3) is 3.55. The molecule has 0 atom stereocenters. The number of carbonyl (C=O) groups is 2. The Hall–Kier alpha value is -2.40. The van der Waals surface area contributed by atoms with E-state index in [1.165, 1.54) is 18.4 Å². The largest absolute Gasteiger partial charge is 0.354 e. The van der Waals surface area contributed by atoms with E-state index in [0.29, 0.717) is 5.56 Å². The van der Waals surface area contributed by atoms with Gasteiger partial charge in [-0.1, -0.05) is 24.3 Å². The summed E-state index contributed by atoms with van der Waals surface area (Å²) in [5.74, 6) is -0.639. The number of nitrogens with one attached hydrogen (secondary N) is 2. The molecule has 2 rings (SSSR count). The molecule has 2 N–H and O–H groups in total. The number of hydrogen-bond acceptors (Lipinski definition) is 3. The lowest BCUT2D eigenvalue weighted by molar-refractivity contribution is -0.117. The van der Waals surface area contributed by atoms with Crippen molar-refractivity contribution in [1.29, 1.82) is 0 Å². The maximum atomic E-state index is 12.1. The zero-order chi connectivity index (χ0) is 14.4. The number of benzene rings is 1. The molecule has 0 aliphatic rings. The second-order valence-corrected chi connectivity index (χ2v) is 4.95. The van der Waals surface area contributed by atoms with Crippen molar-refractivity contribution in [3.63, 3.8) is 0 Å². The number of rotatable bonds is 4. The van der Waals surface area contributed by atoms with E-state index in [-0.39, 0.29) is 17.5 Å². The van der Waals surface area contributed by atoms with Crippen molar-refractivity contribution in [3.05, 3.63) is 64.0 Å². The first-order chi connectivity index (χ1) is 9.70. The lowest BCUT2D eigenvalue weighted by Gasteiger charge is -2.08. The average molecular weight is 286 g/mol. The Morgan fingerprint density at radius 3 is 2.45 bits per heavy atom. The summed E-state index contributed by atoms with van der Waals surface area (Å²) in [5.41, 5.74) is 0.734. The SMILES string of the molecule is CNC(=O)/C(=C/c1cccs1)NC(=O)c1ccccc1. The van der Waals surface area contributed by atoms with E-state index in [1.807, 2.05) is 23.6 Å². The van der Waals surface area contributed by atoms with Gasteiger partial charge < -0.3 is 10.6 Å². The molecule has 0 spiro atoms. The Labute approximate surface area is 121 Å². The van der Waals surface area contributed by atoms with Crippen LogP contribution in [-0.2, 0) is 4.79 Å². The molecule has 0 saturated heterocycles. The lowest BCUT2D eigenvalue weighted by atomic mass is 10.2. The molecule has 0 saturated carbocycles. The van der Waals surface area contributed by atoms with Crippen LogP contribution < -0.4 is 10.6 Å². The highest BCUT2D eigenvalue weighted by Crippen LogP contribution is 2.13. The Kier molecular flexibility index (Phi) is 4.68. The number of carbonyl (C=O) groups excluding carboxylic acids is 2. The number of amides is 2. The molecule has 0 aliphatic carbocycles. The summed E-state index contributed by atoms with van der Waals surface area (Å²) in [7, 11) is 1.53. The predicted molar refractivity (Wildman–Crippen MR) is 80.3 cm³/mol. The van der Waals surface area contributed by atoms with Crippen LogP contribution >= 0.6 is 11.3 Å². The van der Waals surface area contributed by atoms with Gasteiger partial charge in [-0.05, 0) is 29.7 Å². The van der Waals surface area contributed by atoms with Gasteiger partial charge in [0.15, 0.2) is 0 Å². The molecule has 1 heterocycles. The van der Waals surface area contributed by atoms with Crippen molar-refractivity contribution >= 4 is 29.2 Å². The Morgan fingerprint density at radius 2 is 1.85 bits per heavy atom. The van der Waals surface area contributed by atoms with Gasteiger partial charge in [0.1, 0.15) is 5.70 Å². The van der Waals surface area contributed by atoms with Gasteiger partial charge in [-0.25, -0.2) is 0 Å². The molecule has 0 radical (unpaired) electrons. The highest BCUT2D eigenvalue weighted by Gasteiger charge is 2.13. The fraction of sp³-hybridized carbons (Fsp3) is 0.0667. The van der Waals surface area contributed by atoms with Crippen molar-refractivity contribution < 1.29 is 9.59 Å². The van der Waals surface area contributed by atoms with Crippen molar-refractivity contribution in [3.8, 4) is 0 Å². The van der Waals surface area contributed by atoms with E-state index in [4.69, 9.17) is 0 Å². The molecule has 0 aliphatic heterocycles. The molecule has 1 aromatic carbocycles. The Morgan fingerprint density at radius 1 is 1.10 bits per heavy atom. The fourth-order valence-electron chi connectivity index (χ4n) is 1.59. The molecule has 4 nitrogen and oxygen atoms in total. The molecular weight excluding hydrogens is 272 g/mol. The van der Waals surface area contributed by atoms with Crippen LogP contribution in [0.3, 0.4) is 0 Å². The quantitative estimate of drug-likeness (QED) is 0.847. The third-order valence-corrected chi connectivity index (χ3v) is 3.40. The average Bonchev–Trinajstić information content (AvgIpc) is 2.99. The smallest absolute Gasteiger partial charge is 0.267 e. The molecule has 0 bridgehead atoms. The van der Waals surface area contributed by atoms with E-state index in [0.717, 1.165) is 4.88 Å². The molecule has 20 heavy (non-hydrogen) atoms. The van der Waals surface area contributed by atoms with Crippen LogP contribution in [0.25, 0.3) is 6.08 Å². The fourth-order valence-corrected chi connectivity index (χ4v) is 2.25. The third-order valence-electron chi connectivity index (χ3n) is 2.59. The summed E-state index contributed by atoms with van der Waals surface area (Å²) in [4.78, 5) is 24.8. The van der Waals surface area contributed by atoms with Crippen molar-refractivity contribution in [2.75, 3.05) is 7.05 Å². The maximum Gasteiger partial charge on any atom is 0.267 e. The predicted octanol–water partition coefficient (Wildman–Crippen LogP) is 2.27. The standard InChI is InChI=1S/C15H14N2O2S/c1-16-15(19)13(10-12-8-5-9-20-12)17-14(18)11-6-3-2-4-7-11/h2-10H,1H3,(H,16,19)(H,17,18)/b13-10-. The first kappa shape index (κ1) is 14.0. The second-order valence-electron chi connectivity index (χ2n) is 3.97. The van der Waals surface area contributed by atoms with Crippen LogP contribution in [0.15, 0.2) is 53.5 Å². The van der Waals surface area contributed by atoms with E-state index >= 15 is 0 Å². The highest BCUT2D eigenvalue weighted by atomic mass is 32.1. The first-order valence-corrected chi connectivity index (χ1v) is 6.92. The molecule has 5 heteroatoms. The van der Waals surface area contributed by atoms with Gasteiger partial charge in [0.2, 0.25) is 0 Å². The van der Waals surface area contributed by atoms with Crippen LogP contribution in [0.1, 0.15) is 15.2 Å². The molecule has 2 aromatic rings. The second kappa shape index (κ2) is 6.68. The molecular formula is C15H14N2O2S. The van der Waals surface area contributed by atoms with Gasteiger partial charge in [-0.2, -0.15) is 0 Å². The van der Waals surface area contributed by atoms with Gasteiger partial charge in [0.25, 0.3) is 11.8 Å². The van der Waals surface area contributed by atoms with Gasteiger partial charge in [0.05, 0.1) is 0 Å². The number of thiophene rings is 1. The van der Waals surface area contributed by atoms with E-state index < -0.39 is 0 Å². The summed E-state index contributed by atoms with van der Waals surface area (Å²) in [6.45, 7) is 0. The molecule has 1 aromatic heterocycles. The normalized spacial score (nSPS) is 10.9. The van der Waals surface area contributed by atoms with E-state index in [2.05, 4.69) is 10.6 Å². The monoisotopic (exact) mass is 286 g/mol. The van der Waals surface area contributed by atoms with Crippen LogP contribution in [-0.4, -0.2) is 18.9 Å². The molecule has 0 unspecified atom stereocenters. The van der Waals surface area contributed by atoms with Crippen LogP contribution in [0.5, 0.6) is 0 Å². The van der Waals surface area contributed by atoms with Gasteiger partial charge >= 0.3 is 0 Å². The highest BCUT2D eigenvalue weighted by molar-refractivity contribution is 7.10. The lowest BCUT2D eigenvalue weighted by Crippen LogP contribution is -2.32. The van der Waals surface area contributed by atoms with Crippen molar-refractivity contribution in [2.24, 2.45) is 0 Å². The van der Waals surface area contributed by atoms with Crippen LogP contribution in [0, 0.1) is 0 Å². The van der Waals surface area contributed by atoms with Gasteiger partial charge in [-0.3, -0.25) is 9.59 Å². The van der Waals surface area contributed by atoms with Gasteiger partial charge in [-0.15, -0.1) is 11.3 Å². The summed E-state index contributed by atoms with van der Waals surface area (Å²) in [6, 6.07) is 12.5. The minimum Gasteiger partial charge on any atom is -0.354 e. The van der Waals surface area contributed by atoms with E-state index in [9.17, 15) is 9.59 Å². The number of likely N-dealkylation sites (N-methyl/N-ethyl adjacent to an activating group) is 1. The Balaban J connectivity index is 2.21. The van der Waals surface area contributed by atoms with Crippen LogP contribution in [0.4, 0.5) is 0 Å². The summed E-state index contributed by atoms with van der Waals surface area (Å²) in [6.07, 6.45) is 1.66. The van der Waals surface area contributed by atoms with E-state index in [1.54, 1.807) is 30.3 Å². The zero-order valence-corrected chi connectivity index (χ0v) is 11.7. The summed E-state index contributed by atoms with van der Waals surface area (Å²) in [5, 5.41) is 7.07. The summed E-state index contributed by atoms with van der Waals surface area (Å²) >= 11 is 1.49.